The topological polar surface area (TPSA) is 57.0 Å². The summed E-state index contributed by atoms with van der Waals surface area (Å²) < 4.78 is 7.32. The fraction of sp³-hybridized carbons (Fsp3) is 0.417. The average molecular weight is 251 g/mol. The van der Waals surface area contributed by atoms with E-state index in [0.29, 0.717) is 0 Å². The normalized spacial score (nSPS) is 14.8. The molecule has 2 N–H and O–H groups in total. The van der Waals surface area contributed by atoms with E-state index in [0.717, 1.165) is 16.5 Å². The number of hydrogen-bond acceptors (Lipinski definition) is 4. The van der Waals surface area contributed by atoms with E-state index in [-0.39, 0.29) is 11.3 Å². The Hall–Kier alpha value is -1.20. The Morgan fingerprint density at radius 3 is 2.76 bits per heavy atom. The predicted octanol–water partition coefficient (Wildman–Crippen LogP) is 2.50. The molecule has 2 aromatic heterocycles. The third kappa shape index (κ3) is 2.73. The largest absolute Gasteiger partial charge is 0.468 e. The number of furan rings is 1. The van der Waals surface area contributed by atoms with E-state index in [1.807, 2.05) is 37.7 Å². The van der Waals surface area contributed by atoms with Crippen molar-refractivity contribution in [2.45, 2.75) is 30.2 Å². The lowest BCUT2D eigenvalue weighted by molar-refractivity contribution is 0.486. The lowest BCUT2D eigenvalue weighted by Crippen LogP contribution is -2.22. The van der Waals surface area contributed by atoms with Crippen molar-refractivity contribution in [1.82, 2.24) is 9.78 Å². The second-order valence-corrected chi connectivity index (χ2v) is 5.32. The standard InChI is InChI=1S/C12H17N3OS/c1-8-7-11(15(3)14-8)17-12(9(2)13)10-5-4-6-16-10/h4-7,9,12H,13H2,1-3H3. The maximum absolute atomic E-state index is 6.02. The Labute approximate surface area is 105 Å². The lowest BCUT2D eigenvalue weighted by atomic mass is 10.2. The van der Waals surface area contributed by atoms with Crippen molar-refractivity contribution in [3.05, 3.63) is 35.9 Å². The Balaban J connectivity index is 2.22. The maximum Gasteiger partial charge on any atom is 0.118 e. The maximum atomic E-state index is 6.02. The molecule has 0 fully saturated rings. The second kappa shape index (κ2) is 4.98. The van der Waals surface area contributed by atoms with Crippen LogP contribution >= 0.6 is 11.8 Å². The Morgan fingerprint density at radius 1 is 1.53 bits per heavy atom. The quantitative estimate of drug-likeness (QED) is 0.848. The van der Waals surface area contributed by atoms with Gasteiger partial charge in [0.05, 0.1) is 22.2 Å². The van der Waals surface area contributed by atoms with Crippen molar-refractivity contribution in [3.8, 4) is 0 Å². The first-order chi connectivity index (χ1) is 8.08. The van der Waals surface area contributed by atoms with Gasteiger partial charge in [0.2, 0.25) is 0 Å². The number of rotatable bonds is 4. The molecule has 0 saturated carbocycles. The molecule has 4 nitrogen and oxygen atoms in total. The van der Waals surface area contributed by atoms with Gasteiger partial charge >= 0.3 is 0 Å². The van der Waals surface area contributed by atoms with Crippen LogP contribution in [0.3, 0.4) is 0 Å². The van der Waals surface area contributed by atoms with Crippen molar-refractivity contribution in [3.63, 3.8) is 0 Å². The van der Waals surface area contributed by atoms with Gasteiger partial charge in [-0.2, -0.15) is 5.10 Å². The molecule has 2 heterocycles. The molecule has 0 aromatic carbocycles. The molecule has 0 aliphatic carbocycles. The van der Waals surface area contributed by atoms with E-state index in [9.17, 15) is 0 Å². The van der Waals surface area contributed by atoms with Crippen LogP contribution in [0.15, 0.2) is 33.9 Å². The fourth-order valence-corrected chi connectivity index (χ4v) is 2.86. The number of thioether (sulfide) groups is 1. The summed E-state index contributed by atoms with van der Waals surface area (Å²) >= 11 is 1.68. The van der Waals surface area contributed by atoms with E-state index in [1.165, 1.54) is 0 Å². The number of nitrogens with two attached hydrogens (primary N) is 1. The smallest absolute Gasteiger partial charge is 0.118 e. The summed E-state index contributed by atoms with van der Waals surface area (Å²) in [6.07, 6.45) is 1.68. The second-order valence-electron chi connectivity index (χ2n) is 4.16. The van der Waals surface area contributed by atoms with Gasteiger partial charge in [0.1, 0.15) is 5.76 Å². The first kappa shape index (κ1) is 12.3. The van der Waals surface area contributed by atoms with E-state index in [4.69, 9.17) is 10.2 Å². The van der Waals surface area contributed by atoms with Gasteiger partial charge in [-0.05, 0) is 32.0 Å². The molecule has 5 heteroatoms. The van der Waals surface area contributed by atoms with Crippen molar-refractivity contribution in [1.29, 1.82) is 0 Å². The molecular formula is C12H17N3OS. The summed E-state index contributed by atoms with van der Waals surface area (Å²) in [5.41, 5.74) is 7.03. The fourth-order valence-electron chi connectivity index (χ4n) is 1.70. The van der Waals surface area contributed by atoms with Gasteiger partial charge < -0.3 is 10.2 Å². The molecule has 92 valence electrons. The highest BCUT2D eigenvalue weighted by Gasteiger charge is 2.22. The molecule has 0 saturated heterocycles. The van der Waals surface area contributed by atoms with Crippen LogP contribution in [-0.4, -0.2) is 15.8 Å². The molecule has 0 aliphatic heterocycles. The van der Waals surface area contributed by atoms with Crippen LogP contribution in [0.25, 0.3) is 0 Å². The van der Waals surface area contributed by atoms with Crippen molar-refractivity contribution < 1.29 is 4.42 Å². The van der Waals surface area contributed by atoms with Crippen LogP contribution in [0.1, 0.15) is 23.6 Å². The number of aryl methyl sites for hydroxylation is 2. The van der Waals surface area contributed by atoms with Gasteiger partial charge in [-0.15, -0.1) is 0 Å². The first-order valence-corrected chi connectivity index (χ1v) is 6.42. The summed E-state index contributed by atoms with van der Waals surface area (Å²) in [5, 5.41) is 5.54. The van der Waals surface area contributed by atoms with Gasteiger partial charge in [-0.3, -0.25) is 4.68 Å². The van der Waals surface area contributed by atoms with E-state index in [2.05, 4.69) is 11.2 Å². The predicted molar refractivity (Wildman–Crippen MR) is 68.9 cm³/mol. The van der Waals surface area contributed by atoms with Crippen LogP contribution in [0, 0.1) is 6.92 Å². The average Bonchev–Trinajstić information content (AvgIpc) is 2.84. The summed E-state index contributed by atoms with van der Waals surface area (Å²) in [7, 11) is 1.94. The van der Waals surface area contributed by atoms with Gasteiger partial charge in [-0.1, -0.05) is 11.8 Å². The molecule has 2 unspecified atom stereocenters. The van der Waals surface area contributed by atoms with Crippen LogP contribution in [0.4, 0.5) is 0 Å². The van der Waals surface area contributed by atoms with Gasteiger partial charge in [0.15, 0.2) is 0 Å². The Bertz CT molecular complexity index is 476. The summed E-state index contributed by atoms with van der Waals surface area (Å²) in [4.78, 5) is 0. The molecule has 2 atom stereocenters. The highest BCUT2D eigenvalue weighted by Crippen LogP contribution is 2.37. The summed E-state index contributed by atoms with van der Waals surface area (Å²) in [6.45, 7) is 3.97. The van der Waals surface area contributed by atoms with Gasteiger partial charge in [0.25, 0.3) is 0 Å². The number of aromatic nitrogens is 2. The number of hydrogen-bond donors (Lipinski definition) is 1. The molecule has 0 aliphatic rings. The summed E-state index contributed by atoms with van der Waals surface area (Å²) in [5.74, 6) is 0.906. The molecule has 17 heavy (non-hydrogen) atoms. The third-order valence-electron chi connectivity index (χ3n) is 2.51. The molecule has 0 bridgehead atoms. The van der Waals surface area contributed by atoms with E-state index >= 15 is 0 Å². The van der Waals surface area contributed by atoms with Crippen molar-refractivity contribution in [2.24, 2.45) is 12.8 Å². The molecular weight excluding hydrogens is 234 g/mol. The Kier molecular flexibility index (Phi) is 3.59. The minimum Gasteiger partial charge on any atom is -0.468 e. The molecule has 2 rings (SSSR count). The van der Waals surface area contributed by atoms with Crippen LogP contribution in [0.2, 0.25) is 0 Å². The Morgan fingerprint density at radius 2 is 2.29 bits per heavy atom. The van der Waals surface area contributed by atoms with Crippen LogP contribution in [-0.2, 0) is 7.05 Å². The lowest BCUT2D eigenvalue weighted by Gasteiger charge is -2.17. The SMILES string of the molecule is Cc1cc(SC(c2ccco2)C(C)N)n(C)n1. The highest BCUT2D eigenvalue weighted by molar-refractivity contribution is 7.99. The monoisotopic (exact) mass is 251 g/mol. The van der Waals surface area contributed by atoms with E-state index < -0.39 is 0 Å². The molecule has 0 amide bonds. The van der Waals surface area contributed by atoms with Gasteiger partial charge in [-0.25, -0.2) is 0 Å². The highest BCUT2D eigenvalue weighted by atomic mass is 32.2. The number of nitrogens with zero attached hydrogens (tertiary/aromatic N) is 2. The van der Waals surface area contributed by atoms with Crippen molar-refractivity contribution in [2.75, 3.05) is 0 Å². The third-order valence-corrected chi connectivity index (χ3v) is 4.05. The zero-order valence-corrected chi connectivity index (χ0v) is 11.1. The van der Waals surface area contributed by atoms with Gasteiger partial charge in [0, 0.05) is 13.1 Å². The molecule has 0 spiro atoms. The molecule has 0 radical (unpaired) electrons. The zero-order valence-electron chi connectivity index (χ0n) is 10.3. The minimum absolute atomic E-state index is 0.0151. The summed E-state index contributed by atoms with van der Waals surface area (Å²) in [6, 6.07) is 5.92. The van der Waals surface area contributed by atoms with Crippen molar-refractivity contribution >= 4 is 11.8 Å². The molecule has 2 aromatic rings. The van der Waals surface area contributed by atoms with Crippen LogP contribution in [0.5, 0.6) is 0 Å². The van der Waals surface area contributed by atoms with E-state index in [1.54, 1.807) is 18.0 Å². The van der Waals surface area contributed by atoms with Crippen LogP contribution < -0.4 is 5.73 Å². The first-order valence-electron chi connectivity index (χ1n) is 5.54. The zero-order chi connectivity index (χ0) is 12.4. The minimum atomic E-state index is 0.0151.